The molecule has 2 aromatic heterocycles. The zero-order valence-corrected chi connectivity index (χ0v) is 14.6. The summed E-state index contributed by atoms with van der Waals surface area (Å²) in [6.45, 7) is 9.95. The van der Waals surface area contributed by atoms with E-state index in [4.69, 9.17) is 0 Å². The standard InChI is InChI=1S/C17H25N5S/c1-14-19-16(13-23-14)11-21-9-15(8-20-5-2-3-6-20)10-22-7-4-18-17(22)12-21/h4,7,13,15H,2-3,5-6,8-12H2,1H3. The molecule has 0 bridgehead atoms. The van der Waals surface area contributed by atoms with Gasteiger partial charge in [-0.15, -0.1) is 11.3 Å². The Morgan fingerprint density at radius 1 is 1.22 bits per heavy atom. The summed E-state index contributed by atoms with van der Waals surface area (Å²) in [7, 11) is 0. The van der Waals surface area contributed by atoms with Crippen molar-refractivity contribution in [2.75, 3.05) is 26.2 Å². The van der Waals surface area contributed by atoms with Crippen molar-refractivity contribution in [2.24, 2.45) is 5.92 Å². The number of aromatic nitrogens is 3. The summed E-state index contributed by atoms with van der Waals surface area (Å²) in [4.78, 5) is 14.4. The summed E-state index contributed by atoms with van der Waals surface area (Å²) in [5, 5.41) is 3.35. The molecule has 1 unspecified atom stereocenters. The second kappa shape index (κ2) is 6.71. The molecule has 0 N–H and O–H groups in total. The second-order valence-electron chi connectivity index (χ2n) is 6.90. The van der Waals surface area contributed by atoms with Gasteiger partial charge in [-0.3, -0.25) is 4.90 Å². The maximum Gasteiger partial charge on any atom is 0.122 e. The van der Waals surface area contributed by atoms with Crippen LogP contribution in [0.25, 0.3) is 0 Å². The number of hydrogen-bond donors (Lipinski definition) is 0. The van der Waals surface area contributed by atoms with Gasteiger partial charge >= 0.3 is 0 Å². The van der Waals surface area contributed by atoms with Gasteiger partial charge in [0.2, 0.25) is 0 Å². The lowest BCUT2D eigenvalue weighted by atomic mass is 10.1. The molecule has 23 heavy (non-hydrogen) atoms. The van der Waals surface area contributed by atoms with Gasteiger partial charge in [0, 0.05) is 49.9 Å². The molecule has 0 aromatic carbocycles. The highest BCUT2D eigenvalue weighted by Crippen LogP contribution is 2.21. The van der Waals surface area contributed by atoms with Crippen LogP contribution in [0.15, 0.2) is 17.8 Å². The normalized spacial score (nSPS) is 23.1. The van der Waals surface area contributed by atoms with Crippen molar-refractivity contribution < 1.29 is 0 Å². The zero-order valence-electron chi connectivity index (χ0n) is 13.8. The van der Waals surface area contributed by atoms with Crippen LogP contribution in [0.5, 0.6) is 0 Å². The quantitative estimate of drug-likeness (QED) is 0.862. The molecule has 0 radical (unpaired) electrons. The first-order valence-corrected chi connectivity index (χ1v) is 9.50. The molecule has 1 atom stereocenters. The molecule has 0 saturated carbocycles. The summed E-state index contributed by atoms with van der Waals surface area (Å²) < 4.78 is 2.35. The smallest absolute Gasteiger partial charge is 0.122 e. The number of aryl methyl sites for hydroxylation is 1. The van der Waals surface area contributed by atoms with Gasteiger partial charge in [-0.2, -0.15) is 0 Å². The molecule has 5 nitrogen and oxygen atoms in total. The Kier molecular flexibility index (Phi) is 4.46. The lowest BCUT2D eigenvalue weighted by Gasteiger charge is -2.26. The van der Waals surface area contributed by atoms with Gasteiger partial charge in [-0.1, -0.05) is 0 Å². The maximum atomic E-state index is 4.65. The molecule has 4 heterocycles. The van der Waals surface area contributed by atoms with E-state index < -0.39 is 0 Å². The lowest BCUT2D eigenvalue weighted by Crippen LogP contribution is -2.35. The van der Waals surface area contributed by atoms with Crippen LogP contribution < -0.4 is 0 Å². The van der Waals surface area contributed by atoms with Crippen molar-refractivity contribution in [1.29, 1.82) is 0 Å². The maximum absolute atomic E-state index is 4.65. The van der Waals surface area contributed by atoms with Crippen molar-refractivity contribution >= 4 is 11.3 Å². The molecular formula is C17H25N5S. The van der Waals surface area contributed by atoms with E-state index in [9.17, 15) is 0 Å². The molecule has 2 aromatic rings. The Hall–Kier alpha value is -1.24. The number of likely N-dealkylation sites (tertiary alicyclic amines) is 1. The molecule has 4 rings (SSSR count). The van der Waals surface area contributed by atoms with Gasteiger partial charge in [-0.05, 0) is 32.9 Å². The first-order valence-electron chi connectivity index (χ1n) is 8.62. The van der Waals surface area contributed by atoms with E-state index in [1.165, 1.54) is 44.0 Å². The predicted octanol–water partition coefficient (Wildman–Crippen LogP) is 2.38. The highest BCUT2D eigenvalue weighted by atomic mass is 32.1. The average Bonchev–Trinajstić information content (AvgIpc) is 3.23. The molecule has 2 aliphatic rings. The van der Waals surface area contributed by atoms with E-state index in [2.05, 4.69) is 42.8 Å². The number of nitrogens with zero attached hydrogens (tertiary/aromatic N) is 5. The summed E-state index contributed by atoms with van der Waals surface area (Å²) in [5.41, 5.74) is 1.20. The highest BCUT2D eigenvalue weighted by Gasteiger charge is 2.25. The molecule has 6 heteroatoms. The van der Waals surface area contributed by atoms with Gasteiger partial charge in [0.05, 0.1) is 17.2 Å². The van der Waals surface area contributed by atoms with Gasteiger partial charge < -0.3 is 9.47 Å². The van der Waals surface area contributed by atoms with Crippen molar-refractivity contribution in [1.82, 2.24) is 24.3 Å². The van der Waals surface area contributed by atoms with Crippen LogP contribution in [-0.4, -0.2) is 50.5 Å². The van der Waals surface area contributed by atoms with Crippen LogP contribution in [0.2, 0.25) is 0 Å². The van der Waals surface area contributed by atoms with Crippen molar-refractivity contribution in [3.05, 3.63) is 34.3 Å². The molecule has 1 fully saturated rings. The summed E-state index contributed by atoms with van der Waals surface area (Å²) >= 11 is 1.75. The Balaban J connectivity index is 1.49. The first kappa shape index (κ1) is 15.3. The molecule has 0 spiro atoms. The summed E-state index contributed by atoms with van der Waals surface area (Å²) in [5.74, 6) is 1.86. The molecule has 2 aliphatic heterocycles. The van der Waals surface area contributed by atoms with Crippen LogP contribution in [0, 0.1) is 12.8 Å². The fourth-order valence-electron chi connectivity index (χ4n) is 3.90. The third kappa shape index (κ3) is 3.65. The van der Waals surface area contributed by atoms with E-state index in [1.54, 1.807) is 11.3 Å². The van der Waals surface area contributed by atoms with Gasteiger partial charge in [0.25, 0.3) is 0 Å². The number of imidazole rings is 1. The lowest BCUT2D eigenvalue weighted by molar-refractivity contribution is 0.181. The molecule has 124 valence electrons. The molecular weight excluding hydrogens is 306 g/mol. The van der Waals surface area contributed by atoms with Crippen LogP contribution in [-0.2, 0) is 19.6 Å². The topological polar surface area (TPSA) is 37.2 Å². The monoisotopic (exact) mass is 331 g/mol. The largest absolute Gasteiger partial charge is 0.333 e. The Bertz CT molecular complexity index is 643. The van der Waals surface area contributed by atoms with Crippen molar-refractivity contribution in [3.8, 4) is 0 Å². The van der Waals surface area contributed by atoms with E-state index in [0.717, 1.165) is 31.2 Å². The Morgan fingerprint density at radius 2 is 2.09 bits per heavy atom. The Labute approximate surface area is 142 Å². The van der Waals surface area contributed by atoms with Gasteiger partial charge in [0.15, 0.2) is 0 Å². The Morgan fingerprint density at radius 3 is 2.87 bits per heavy atom. The number of hydrogen-bond acceptors (Lipinski definition) is 5. The molecule has 0 aliphatic carbocycles. The van der Waals surface area contributed by atoms with E-state index in [-0.39, 0.29) is 0 Å². The summed E-state index contributed by atoms with van der Waals surface area (Å²) in [6, 6.07) is 0. The van der Waals surface area contributed by atoms with Crippen LogP contribution in [0.1, 0.15) is 29.4 Å². The van der Waals surface area contributed by atoms with E-state index in [0.29, 0.717) is 5.92 Å². The third-order valence-electron chi connectivity index (χ3n) is 4.91. The SMILES string of the molecule is Cc1nc(CN2Cc3nccn3CC(CN3CCCC3)C2)cs1. The summed E-state index contributed by atoms with van der Waals surface area (Å²) in [6.07, 6.45) is 6.82. The fraction of sp³-hybridized carbons (Fsp3) is 0.647. The fourth-order valence-corrected chi connectivity index (χ4v) is 4.50. The van der Waals surface area contributed by atoms with Crippen LogP contribution >= 0.6 is 11.3 Å². The molecule has 0 amide bonds. The average molecular weight is 331 g/mol. The van der Waals surface area contributed by atoms with Crippen molar-refractivity contribution in [3.63, 3.8) is 0 Å². The number of thiazole rings is 1. The number of fused-ring (bicyclic) bond motifs is 1. The minimum absolute atomic E-state index is 0.670. The van der Waals surface area contributed by atoms with E-state index >= 15 is 0 Å². The minimum Gasteiger partial charge on any atom is -0.333 e. The van der Waals surface area contributed by atoms with Gasteiger partial charge in [0.1, 0.15) is 5.82 Å². The van der Waals surface area contributed by atoms with Crippen molar-refractivity contribution in [2.45, 2.75) is 39.4 Å². The predicted molar refractivity (Wildman–Crippen MR) is 92.4 cm³/mol. The highest BCUT2D eigenvalue weighted by molar-refractivity contribution is 7.09. The third-order valence-corrected chi connectivity index (χ3v) is 5.73. The zero-order chi connectivity index (χ0) is 15.6. The van der Waals surface area contributed by atoms with Crippen LogP contribution in [0.4, 0.5) is 0 Å². The number of rotatable bonds is 4. The van der Waals surface area contributed by atoms with E-state index in [1.807, 2.05) is 6.20 Å². The minimum atomic E-state index is 0.670. The van der Waals surface area contributed by atoms with Crippen LogP contribution in [0.3, 0.4) is 0 Å². The van der Waals surface area contributed by atoms with Gasteiger partial charge in [-0.25, -0.2) is 9.97 Å². The first-order chi connectivity index (χ1) is 11.3. The molecule has 1 saturated heterocycles. The second-order valence-corrected chi connectivity index (χ2v) is 7.96.